The molecule has 0 aliphatic rings. The summed E-state index contributed by atoms with van der Waals surface area (Å²) in [5.41, 5.74) is 7.04. The van der Waals surface area contributed by atoms with Crippen molar-refractivity contribution in [2.75, 3.05) is 5.73 Å². The molecule has 5 nitrogen and oxygen atoms in total. The number of aromatic amines is 1. The fraction of sp³-hybridized carbons (Fsp3) is 0.0909. The lowest BCUT2D eigenvalue weighted by Crippen LogP contribution is -2.23. The van der Waals surface area contributed by atoms with Crippen LogP contribution in [0, 0.1) is 3.57 Å². The second-order valence-electron chi connectivity index (χ2n) is 3.50. The van der Waals surface area contributed by atoms with Crippen LogP contribution < -0.4 is 11.1 Å². The lowest BCUT2D eigenvalue weighted by molar-refractivity contribution is 0.0951. The van der Waals surface area contributed by atoms with E-state index in [2.05, 4.69) is 38.1 Å². The van der Waals surface area contributed by atoms with Gasteiger partial charge in [-0.15, -0.1) is 0 Å². The van der Waals surface area contributed by atoms with Crippen molar-refractivity contribution in [1.82, 2.24) is 15.5 Å². The van der Waals surface area contributed by atoms with Crippen LogP contribution in [0.4, 0.5) is 5.82 Å². The number of carbonyl (C=O) groups excluding carboxylic acids is 1. The third-order valence-electron chi connectivity index (χ3n) is 2.28. The summed E-state index contributed by atoms with van der Waals surface area (Å²) >= 11 is 2.17. The number of amides is 1. The number of anilines is 1. The Bertz CT molecular complexity index is 538. The Morgan fingerprint density at radius 2 is 2.35 bits per heavy atom. The number of hydrogen-bond donors (Lipinski definition) is 3. The summed E-state index contributed by atoms with van der Waals surface area (Å²) in [5, 5.41) is 9.19. The van der Waals surface area contributed by atoms with Gasteiger partial charge in [-0.1, -0.05) is 6.07 Å². The third-order valence-corrected chi connectivity index (χ3v) is 2.95. The van der Waals surface area contributed by atoms with E-state index in [0.29, 0.717) is 17.9 Å². The van der Waals surface area contributed by atoms with E-state index in [1.54, 1.807) is 12.3 Å². The Labute approximate surface area is 112 Å². The standard InChI is InChI=1S/C11H11IN4O/c12-9-3-1-2-7(4-9)11(17)14-5-8-6-15-16-10(8)13/h1-4,6H,5H2,(H,14,17)(H3,13,15,16). The molecule has 2 aromatic rings. The highest BCUT2D eigenvalue weighted by Crippen LogP contribution is 2.09. The largest absolute Gasteiger partial charge is 0.384 e. The Morgan fingerprint density at radius 3 is 3.00 bits per heavy atom. The first-order chi connectivity index (χ1) is 8.16. The number of carbonyl (C=O) groups is 1. The maximum Gasteiger partial charge on any atom is 0.251 e. The summed E-state index contributed by atoms with van der Waals surface area (Å²) in [4.78, 5) is 11.8. The molecule has 2 rings (SSSR count). The zero-order chi connectivity index (χ0) is 12.3. The maximum absolute atomic E-state index is 11.8. The van der Waals surface area contributed by atoms with Gasteiger partial charge in [-0.25, -0.2) is 0 Å². The Hall–Kier alpha value is -1.57. The summed E-state index contributed by atoms with van der Waals surface area (Å²) in [6.45, 7) is 0.368. The van der Waals surface area contributed by atoms with Crippen molar-refractivity contribution in [3.63, 3.8) is 0 Å². The normalized spacial score (nSPS) is 10.2. The van der Waals surface area contributed by atoms with Gasteiger partial charge in [-0.2, -0.15) is 5.10 Å². The number of hydrogen-bond acceptors (Lipinski definition) is 3. The number of nitrogens with zero attached hydrogens (tertiary/aromatic N) is 1. The number of nitrogen functional groups attached to an aromatic ring is 1. The van der Waals surface area contributed by atoms with Crippen LogP contribution in [0.3, 0.4) is 0 Å². The lowest BCUT2D eigenvalue weighted by atomic mass is 10.2. The highest BCUT2D eigenvalue weighted by atomic mass is 127. The van der Waals surface area contributed by atoms with Crippen LogP contribution in [0.1, 0.15) is 15.9 Å². The van der Waals surface area contributed by atoms with Gasteiger partial charge in [0.05, 0.1) is 6.20 Å². The Morgan fingerprint density at radius 1 is 1.53 bits per heavy atom. The summed E-state index contributed by atoms with van der Waals surface area (Å²) in [6, 6.07) is 7.39. The van der Waals surface area contributed by atoms with Crippen molar-refractivity contribution in [3.05, 3.63) is 45.2 Å². The molecule has 1 amide bonds. The van der Waals surface area contributed by atoms with Gasteiger partial charge in [-0.05, 0) is 40.8 Å². The smallest absolute Gasteiger partial charge is 0.251 e. The van der Waals surface area contributed by atoms with Crippen LogP contribution in [0.5, 0.6) is 0 Å². The van der Waals surface area contributed by atoms with E-state index in [0.717, 1.165) is 9.13 Å². The summed E-state index contributed by atoms with van der Waals surface area (Å²) in [5.74, 6) is 0.358. The van der Waals surface area contributed by atoms with Gasteiger partial charge in [0, 0.05) is 21.2 Å². The molecule has 0 bridgehead atoms. The second-order valence-corrected chi connectivity index (χ2v) is 4.75. The number of benzene rings is 1. The molecule has 0 spiro atoms. The predicted octanol–water partition coefficient (Wildman–Crippen LogP) is 1.53. The van der Waals surface area contributed by atoms with E-state index >= 15 is 0 Å². The molecule has 17 heavy (non-hydrogen) atoms. The number of aromatic nitrogens is 2. The van der Waals surface area contributed by atoms with Gasteiger partial charge in [-0.3, -0.25) is 9.89 Å². The molecule has 0 radical (unpaired) electrons. The molecule has 1 heterocycles. The monoisotopic (exact) mass is 342 g/mol. The molecule has 0 atom stereocenters. The molecule has 6 heteroatoms. The number of nitrogens with two attached hydrogens (primary N) is 1. The van der Waals surface area contributed by atoms with Crippen molar-refractivity contribution < 1.29 is 4.79 Å². The molecule has 0 unspecified atom stereocenters. The number of halogens is 1. The average Bonchev–Trinajstić information content (AvgIpc) is 2.72. The first-order valence-corrected chi connectivity index (χ1v) is 6.06. The Kier molecular flexibility index (Phi) is 3.62. The topological polar surface area (TPSA) is 83.8 Å². The zero-order valence-corrected chi connectivity index (χ0v) is 11.1. The van der Waals surface area contributed by atoms with Crippen LogP contribution >= 0.6 is 22.6 Å². The van der Waals surface area contributed by atoms with Gasteiger partial charge in [0.1, 0.15) is 5.82 Å². The summed E-state index contributed by atoms with van der Waals surface area (Å²) in [6.07, 6.45) is 1.60. The van der Waals surface area contributed by atoms with E-state index in [4.69, 9.17) is 5.73 Å². The van der Waals surface area contributed by atoms with Gasteiger partial charge in [0.25, 0.3) is 5.91 Å². The van der Waals surface area contributed by atoms with E-state index in [9.17, 15) is 4.79 Å². The van der Waals surface area contributed by atoms with Crippen LogP contribution in [0.15, 0.2) is 30.5 Å². The van der Waals surface area contributed by atoms with E-state index in [-0.39, 0.29) is 5.91 Å². The van der Waals surface area contributed by atoms with Crippen molar-refractivity contribution in [2.45, 2.75) is 6.54 Å². The summed E-state index contributed by atoms with van der Waals surface area (Å²) < 4.78 is 1.03. The highest BCUT2D eigenvalue weighted by Gasteiger charge is 2.07. The fourth-order valence-electron chi connectivity index (χ4n) is 1.37. The first kappa shape index (κ1) is 11.9. The molecule has 88 valence electrons. The molecule has 0 fully saturated rings. The second kappa shape index (κ2) is 5.17. The SMILES string of the molecule is Nc1[nH]ncc1CNC(=O)c1cccc(I)c1. The van der Waals surface area contributed by atoms with Crippen LogP contribution in [-0.2, 0) is 6.54 Å². The van der Waals surface area contributed by atoms with E-state index in [1.807, 2.05) is 18.2 Å². The predicted molar refractivity (Wildman–Crippen MR) is 73.3 cm³/mol. The van der Waals surface area contributed by atoms with Gasteiger partial charge >= 0.3 is 0 Å². The minimum Gasteiger partial charge on any atom is -0.384 e. The first-order valence-electron chi connectivity index (χ1n) is 4.98. The van der Waals surface area contributed by atoms with Crippen molar-refractivity contribution in [1.29, 1.82) is 0 Å². The molecule has 1 aromatic heterocycles. The average molecular weight is 342 g/mol. The van der Waals surface area contributed by atoms with E-state index < -0.39 is 0 Å². The molecular formula is C11H11IN4O. The van der Waals surface area contributed by atoms with Gasteiger partial charge < -0.3 is 11.1 Å². The molecule has 0 aliphatic heterocycles. The third kappa shape index (κ3) is 2.96. The van der Waals surface area contributed by atoms with Crippen molar-refractivity contribution in [2.24, 2.45) is 0 Å². The quantitative estimate of drug-likeness (QED) is 0.740. The minimum absolute atomic E-state index is 0.121. The van der Waals surface area contributed by atoms with Crippen LogP contribution in [-0.4, -0.2) is 16.1 Å². The van der Waals surface area contributed by atoms with Crippen LogP contribution in [0.2, 0.25) is 0 Å². The molecular weight excluding hydrogens is 331 g/mol. The van der Waals surface area contributed by atoms with Gasteiger partial charge in [0.15, 0.2) is 0 Å². The number of nitrogens with one attached hydrogen (secondary N) is 2. The van der Waals surface area contributed by atoms with Crippen molar-refractivity contribution in [3.8, 4) is 0 Å². The molecule has 4 N–H and O–H groups in total. The fourth-order valence-corrected chi connectivity index (χ4v) is 1.91. The van der Waals surface area contributed by atoms with Crippen LogP contribution in [0.25, 0.3) is 0 Å². The number of H-pyrrole nitrogens is 1. The minimum atomic E-state index is -0.121. The number of rotatable bonds is 3. The summed E-state index contributed by atoms with van der Waals surface area (Å²) in [7, 11) is 0. The zero-order valence-electron chi connectivity index (χ0n) is 8.90. The molecule has 1 aromatic carbocycles. The maximum atomic E-state index is 11.8. The molecule has 0 saturated heterocycles. The van der Waals surface area contributed by atoms with E-state index in [1.165, 1.54) is 0 Å². The highest BCUT2D eigenvalue weighted by molar-refractivity contribution is 14.1. The molecule has 0 saturated carbocycles. The molecule has 0 aliphatic carbocycles. The lowest BCUT2D eigenvalue weighted by Gasteiger charge is -2.04. The Balaban J connectivity index is 2.01. The van der Waals surface area contributed by atoms with Gasteiger partial charge in [0.2, 0.25) is 0 Å². The van der Waals surface area contributed by atoms with Crippen molar-refractivity contribution >= 4 is 34.3 Å².